The molecule has 0 radical (unpaired) electrons. The van der Waals surface area contributed by atoms with Gasteiger partial charge < -0.3 is 9.88 Å². The Balaban J connectivity index is 1.44. The Bertz CT molecular complexity index is 1070. The minimum atomic E-state index is -0.0425. The van der Waals surface area contributed by atoms with E-state index in [2.05, 4.69) is 24.8 Å². The number of piperazine rings is 1. The summed E-state index contributed by atoms with van der Waals surface area (Å²) < 4.78 is 0. The summed E-state index contributed by atoms with van der Waals surface area (Å²) in [6, 6.07) is 5.73. The van der Waals surface area contributed by atoms with Gasteiger partial charge in [-0.1, -0.05) is 0 Å². The third-order valence-corrected chi connectivity index (χ3v) is 6.16. The van der Waals surface area contributed by atoms with Gasteiger partial charge in [-0.3, -0.25) is 9.69 Å². The first-order valence-corrected chi connectivity index (χ1v) is 9.69. The lowest BCUT2D eigenvalue weighted by Gasteiger charge is -2.35. The van der Waals surface area contributed by atoms with Crippen molar-refractivity contribution in [3.8, 4) is 6.07 Å². The van der Waals surface area contributed by atoms with Gasteiger partial charge in [-0.25, -0.2) is 9.97 Å². The smallest absolute Gasteiger partial charge is 0.259 e. The van der Waals surface area contributed by atoms with Gasteiger partial charge in [0.05, 0.1) is 23.8 Å². The van der Waals surface area contributed by atoms with Gasteiger partial charge in [-0.05, 0) is 31.5 Å². The maximum Gasteiger partial charge on any atom is 0.259 e. The number of fused-ring (bicyclic) bond motifs is 1. The van der Waals surface area contributed by atoms with E-state index in [0.717, 1.165) is 58.3 Å². The monoisotopic (exact) mass is 380 g/mol. The summed E-state index contributed by atoms with van der Waals surface area (Å²) in [6.07, 6.45) is 1.75. The van der Waals surface area contributed by atoms with E-state index >= 15 is 0 Å². The molecule has 1 aliphatic heterocycles. The molecule has 0 aromatic carbocycles. The van der Waals surface area contributed by atoms with E-state index in [4.69, 9.17) is 5.26 Å². The van der Waals surface area contributed by atoms with Crippen molar-refractivity contribution in [3.05, 3.63) is 50.6 Å². The highest BCUT2D eigenvalue weighted by atomic mass is 32.1. The van der Waals surface area contributed by atoms with Gasteiger partial charge in [0, 0.05) is 31.1 Å². The Morgan fingerprint density at radius 3 is 2.70 bits per heavy atom. The van der Waals surface area contributed by atoms with Gasteiger partial charge in [0.15, 0.2) is 0 Å². The molecule has 27 heavy (non-hydrogen) atoms. The van der Waals surface area contributed by atoms with E-state index in [1.54, 1.807) is 23.6 Å². The van der Waals surface area contributed by atoms with Crippen molar-refractivity contribution in [1.29, 1.82) is 5.26 Å². The molecular formula is C19H20N6OS. The lowest BCUT2D eigenvalue weighted by molar-refractivity contribution is 0.244. The van der Waals surface area contributed by atoms with Crippen LogP contribution in [-0.4, -0.2) is 46.0 Å². The molecule has 0 bridgehead atoms. The first kappa shape index (κ1) is 17.6. The SMILES string of the molecule is Cc1sc2nc(CN3CCN(c4ccc(C#N)nc4)CC3)[nH]c(=O)c2c1C. The molecule has 1 N–H and O–H groups in total. The number of aromatic amines is 1. The quantitative estimate of drug-likeness (QED) is 0.749. The van der Waals surface area contributed by atoms with Crippen LogP contribution >= 0.6 is 11.3 Å². The van der Waals surface area contributed by atoms with Crippen molar-refractivity contribution in [2.45, 2.75) is 20.4 Å². The van der Waals surface area contributed by atoms with Crippen LogP contribution in [0.4, 0.5) is 5.69 Å². The highest BCUT2D eigenvalue weighted by Gasteiger charge is 2.19. The van der Waals surface area contributed by atoms with E-state index in [-0.39, 0.29) is 5.56 Å². The lowest BCUT2D eigenvalue weighted by atomic mass is 10.2. The number of anilines is 1. The predicted molar refractivity (Wildman–Crippen MR) is 106 cm³/mol. The number of nitriles is 1. The van der Waals surface area contributed by atoms with Gasteiger partial charge in [-0.15, -0.1) is 11.3 Å². The molecule has 0 amide bonds. The molecule has 0 aliphatic carbocycles. The second-order valence-corrected chi connectivity index (χ2v) is 7.96. The molecular weight excluding hydrogens is 360 g/mol. The number of aromatic nitrogens is 3. The summed E-state index contributed by atoms with van der Waals surface area (Å²) in [7, 11) is 0. The van der Waals surface area contributed by atoms with E-state index in [9.17, 15) is 4.79 Å². The van der Waals surface area contributed by atoms with Crippen LogP contribution in [0.1, 0.15) is 22.0 Å². The number of nitrogens with one attached hydrogen (secondary N) is 1. The number of pyridine rings is 1. The molecule has 4 rings (SSSR count). The molecule has 3 aromatic rings. The topological polar surface area (TPSA) is 88.9 Å². The van der Waals surface area contributed by atoms with Crippen molar-refractivity contribution < 1.29 is 0 Å². The Morgan fingerprint density at radius 2 is 2.04 bits per heavy atom. The largest absolute Gasteiger partial charge is 0.368 e. The van der Waals surface area contributed by atoms with Crippen molar-refractivity contribution >= 4 is 27.2 Å². The summed E-state index contributed by atoms with van der Waals surface area (Å²) in [5.74, 6) is 0.724. The summed E-state index contributed by atoms with van der Waals surface area (Å²) in [5, 5.41) is 9.57. The van der Waals surface area contributed by atoms with Crippen LogP contribution < -0.4 is 10.5 Å². The normalized spacial score (nSPS) is 15.2. The predicted octanol–water partition coefficient (Wildman–Crippen LogP) is 2.19. The zero-order valence-corrected chi connectivity index (χ0v) is 16.1. The number of hydrogen-bond acceptors (Lipinski definition) is 7. The molecule has 1 saturated heterocycles. The average molecular weight is 380 g/mol. The molecule has 3 aromatic heterocycles. The van der Waals surface area contributed by atoms with Gasteiger partial charge in [0.25, 0.3) is 5.56 Å². The van der Waals surface area contributed by atoms with Crippen LogP contribution in [0.2, 0.25) is 0 Å². The fraction of sp³-hybridized carbons (Fsp3) is 0.368. The van der Waals surface area contributed by atoms with E-state index in [1.165, 1.54) is 0 Å². The van der Waals surface area contributed by atoms with Gasteiger partial charge >= 0.3 is 0 Å². The molecule has 0 atom stereocenters. The van der Waals surface area contributed by atoms with E-state index in [0.29, 0.717) is 12.2 Å². The number of rotatable bonds is 3. The van der Waals surface area contributed by atoms with E-state index < -0.39 is 0 Å². The summed E-state index contributed by atoms with van der Waals surface area (Å²) in [4.78, 5) is 30.7. The van der Waals surface area contributed by atoms with Crippen molar-refractivity contribution in [1.82, 2.24) is 19.9 Å². The molecule has 138 valence electrons. The number of thiophene rings is 1. The Morgan fingerprint density at radius 1 is 1.26 bits per heavy atom. The Kier molecular flexibility index (Phi) is 4.64. The third-order valence-electron chi connectivity index (χ3n) is 5.06. The first-order valence-electron chi connectivity index (χ1n) is 8.87. The number of aryl methyl sites for hydroxylation is 2. The lowest BCUT2D eigenvalue weighted by Crippen LogP contribution is -2.46. The summed E-state index contributed by atoms with van der Waals surface area (Å²) in [6.45, 7) is 8.14. The molecule has 0 unspecified atom stereocenters. The van der Waals surface area contributed by atoms with Crippen LogP contribution in [0.15, 0.2) is 23.1 Å². The molecule has 4 heterocycles. The first-order chi connectivity index (χ1) is 13.0. The second kappa shape index (κ2) is 7.10. The number of nitrogens with zero attached hydrogens (tertiary/aromatic N) is 5. The molecule has 8 heteroatoms. The maximum absolute atomic E-state index is 12.4. The molecule has 1 fully saturated rings. The van der Waals surface area contributed by atoms with Crippen LogP contribution in [-0.2, 0) is 6.54 Å². The van der Waals surface area contributed by atoms with Gasteiger partial charge in [0.1, 0.15) is 22.4 Å². The fourth-order valence-electron chi connectivity index (χ4n) is 3.39. The van der Waals surface area contributed by atoms with Crippen molar-refractivity contribution in [2.75, 3.05) is 31.1 Å². The van der Waals surface area contributed by atoms with Crippen molar-refractivity contribution in [2.24, 2.45) is 0 Å². The molecule has 0 spiro atoms. The Hall–Kier alpha value is -2.76. The summed E-state index contributed by atoms with van der Waals surface area (Å²) >= 11 is 1.58. The second-order valence-electron chi connectivity index (χ2n) is 6.75. The molecule has 7 nitrogen and oxygen atoms in total. The molecule has 1 aliphatic rings. The zero-order chi connectivity index (χ0) is 19.0. The Labute approximate surface area is 160 Å². The highest BCUT2D eigenvalue weighted by molar-refractivity contribution is 7.18. The number of hydrogen-bond donors (Lipinski definition) is 1. The summed E-state index contributed by atoms with van der Waals surface area (Å²) in [5.41, 5.74) is 2.45. The van der Waals surface area contributed by atoms with Crippen LogP contribution in [0.25, 0.3) is 10.2 Å². The maximum atomic E-state index is 12.4. The zero-order valence-electron chi connectivity index (χ0n) is 15.3. The highest BCUT2D eigenvalue weighted by Crippen LogP contribution is 2.26. The van der Waals surface area contributed by atoms with Gasteiger partial charge in [-0.2, -0.15) is 5.26 Å². The van der Waals surface area contributed by atoms with Crippen molar-refractivity contribution in [3.63, 3.8) is 0 Å². The average Bonchev–Trinajstić information content (AvgIpc) is 2.96. The van der Waals surface area contributed by atoms with Crippen LogP contribution in [0.5, 0.6) is 0 Å². The van der Waals surface area contributed by atoms with Gasteiger partial charge in [0.2, 0.25) is 0 Å². The number of H-pyrrole nitrogens is 1. The van der Waals surface area contributed by atoms with Crippen LogP contribution in [0.3, 0.4) is 0 Å². The minimum absolute atomic E-state index is 0.0425. The minimum Gasteiger partial charge on any atom is -0.368 e. The fourth-order valence-corrected chi connectivity index (χ4v) is 4.44. The van der Waals surface area contributed by atoms with E-state index in [1.807, 2.05) is 26.0 Å². The standard InChI is InChI=1S/C19H20N6OS/c1-12-13(2)27-19-17(12)18(26)22-16(23-19)11-24-5-7-25(8-6-24)15-4-3-14(9-20)21-10-15/h3-4,10H,5-8,11H2,1-2H3,(H,22,23,26). The third kappa shape index (κ3) is 3.44. The van der Waals surface area contributed by atoms with Crippen LogP contribution in [0, 0.1) is 25.2 Å². The molecule has 0 saturated carbocycles.